The number of aromatic nitrogens is 2. The van der Waals surface area contributed by atoms with Gasteiger partial charge in [-0.3, -0.25) is 4.90 Å². The van der Waals surface area contributed by atoms with Gasteiger partial charge in [0.15, 0.2) is 0 Å². The minimum Gasteiger partial charge on any atom is -0.494 e. The minimum atomic E-state index is -0.438. The zero-order valence-corrected chi connectivity index (χ0v) is 20.6. The molecule has 1 atom stereocenters. The van der Waals surface area contributed by atoms with E-state index in [1.807, 2.05) is 80.6 Å². The van der Waals surface area contributed by atoms with Crippen molar-refractivity contribution in [1.29, 1.82) is 0 Å². The molecule has 1 N–H and O–H groups in total. The first-order valence-electron chi connectivity index (χ1n) is 12.1. The molecule has 1 aliphatic rings. The smallest absolute Gasteiger partial charge is 0.326 e. The van der Waals surface area contributed by atoms with Gasteiger partial charge in [-0.05, 0) is 55.7 Å². The number of ether oxygens (including phenoxy) is 1. The fourth-order valence-corrected chi connectivity index (χ4v) is 4.42. The third-order valence-corrected chi connectivity index (χ3v) is 6.30. The lowest BCUT2D eigenvalue weighted by atomic mass is 9.93. The molecule has 2 heterocycles. The third kappa shape index (κ3) is 4.47. The number of anilines is 1. The Balaban J connectivity index is 1.61. The maximum absolute atomic E-state index is 13.4. The van der Waals surface area contributed by atoms with Gasteiger partial charge in [-0.2, -0.15) is 4.98 Å². The molecular formula is C29H28N4O3. The van der Waals surface area contributed by atoms with E-state index >= 15 is 0 Å². The molecule has 0 fully saturated rings. The highest BCUT2D eigenvalue weighted by Gasteiger charge is 2.36. The van der Waals surface area contributed by atoms with E-state index in [0.29, 0.717) is 24.0 Å². The minimum absolute atomic E-state index is 0.229. The van der Waals surface area contributed by atoms with Crippen LogP contribution in [0.15, 0.2) is 89.1 Å². The first-order valence-corrected chi connectivity index (χ1v) is 12.1. The standard InChI is InChI=1S/C29H28N4O3/c1-4-20-11-13-21(14-12-20)26-25(28-31-27(32-36-28)22-9-7-6-8-10-22)19(3)33(29(34)30-26)23-15-17-24(18-16-23)35-5-2/h6-18,26H,4-5H2,1-3H3,(H,30,34). The van der Waals surface area contributed by atoms with E-state index in [2.05, 4.69) is 29.5 Å². The van der Waals surface area contributed by atoms with Gasteiger partial charge in [0.1, 0.15) is 5.75 Å². The Hall–Kier alpha value is -4.39. The van der Waals surface area contributed by atoms with Crippen molar-refractivity contribution in [1.82, 2.24) is 15.5 Å². The molecule has 182 valence electrons. The van der Waals surface area contributed by atoms with Crippen molar-refractivity contribution < 1.29 is 14.1 Å². The maximum Gasteiger partial charge on any atom is 0.326 e. The molecular weight excluding hydrogens is 452 g/mol. The molecule has 7 heteroatoms. The lowest BCUT2D eigenvalue weighted by molar-refractivity contribution is 0.244. The quantitative estimate of drug-likeness (QED) is 0.331. The molecule has 7 nitrogen and oxygen atoms in total. The predicted molar refractivity (Wildman–Crippen MR) is 140 cm³/mol. The predicted octanol–water partition coefficient (Wildman–Crippen LogP) is 6.40. The number of allylic oxidation sites excluding steroid dienone is 1. The van der Waals surface area contributed by atoms with Gasteiger partial charge in [0.25, 0.3) is 5.89 Å². The number of nitrogens with one attached hydrogen (secondary N) is 1. The van der Waals surface area contributed by atoms with Gasteiger partial charge < -0.3 is 14.6 Å². The van der Waals surface area contributed by atoms with E-state index in [-0.39, 0.29) is 6.03 Å². The topological polar surface area (TPSA) is 80.5 Å². The highest BCUT2D eigenvalue weighted by Crippen LogP contribution is 2.39. The van der Waals surface area contributed by atoms with Crippen LogP contribution in [0.25, 0.3) is 17.0 Å². The van der Waals surface area contributed by atoms with E-state index in [1.165, 1.54) is 5.56 Å². The van der Waals surface area contributed by atoms with E-state index in [1.54, 1.807) is 4.90 Å². The first-order chi connectivity index (χ1) is 17.6. The van der Waals surface area contributed by atoms with Gasteiger partial charge in [-0.25, -0.2) is 4.79 Å². The van der Waals surface area contributed by atoms with Crippen molar-refractivity contribution in [2.45, 2.75) is 33.2 Å². The van der Waals surface area contributed by atoms with Crippen LogP contribution in [0.1, 0.15) is 43.8 Å². The van der Waals surface area contributed by atoms with Crippen LogP contribution >= 0.6 is 0 Å². The van der Waals surface area contributed by atoms with E-state index < -0.39 is 6.04 Å². The fraction of sp³-hybridized carbons (Fsp3) is 0.207. The Kier molecular flexibility index (Phi) is 6.54. The summed E-state index contributed by atoms with van der Waals surface area (Å²) in [6, 6.07) is 24.7. The summed E-state index contributed by atoms with van der Waals surface area (Å²) in [6.45, 7) is 6.54. The van der Waals surface area contributed by atoms with Gasteiger partial charge in [-0.1, -0.05) is 66.7 Å². The van der Waals surface area contributed by atoms with Crippen LogP contribution in [-0.4, -0.2) is 22.8 Å². The van der Waals surface area contributed by atoms with Crippen LogP contribution in [-0.2, 0) is 6.42 Å². The number of aryl methyl sites for hydroxylation is 1. The SMILES string of the molecule is CCOc1ccc(N2C(=O)NC(c3ccc(CC)cc3)C(c3nc(-c4ccccc4)no3)=C2C)cc1. The van der Waals surface area contributed by atoms with Crippen molar-refractivity contribution in [3.05, 3.63) is 102 Å². The monoisotopic (exact) mass is 480 g/mol. The Morgan fingerprint density at radius 1 is 0.972 bits per heavy atom. The van der Waals surface area contributed by atoms with Crippen LogP contribution in [0.5, 0.6) is 5.75 Å². The van der Waals surface area contributed by atoms with E-state index in [4.69, 9.17) is 14.2 Å². The Morgan fingerprint density at radius 3 is 2.36 bits per heavy atom. The largest absolute Gasteiger partial charge is 0.494 e. The lowest BCUT2D eigenvalue weighted by Gasteiger charge is -2.35. The Labute approximate surface area is 210 Å². The van der Waals surface area contributed by atoms with Crippen molar-refractivity contribution >= 4 is 17.3 Å². The molecule has 0 spiro atoms. The van der Waals surface area contributed by atoms with E-state index in [0.717, 1.165) is 34.6 Å². The molecule has 3 aromatic carbocycles. The first kappa shape index (κ1) is 23.4. The van der Waals surface area contributed by atoms with Crippen LogP contribution in [0.3, 0.4) is 0 Å². The summed E-state index contributed by atoms with van der Waals surface area (Å²) in [6.07, 6.45) is 0.939. The summed E-state index contributed by atoms with van der Waals surface area (Å²) in [5.74, 6) is 1.61. The number of nitrogens with zero attached hydrogens (tertiary/aromatic N) is 3. The molecule has 36 heavy (non-hydrogen) atoms. The molecule has 2 amide bonds. The van der Waals surface area contributed by atoms with Crippen molar-refractivity contribution in [3.8, 4) is 17.1 Å². The van der Waals surface area contributed by atoms with Crippen molar-refractivity contribution in [3.63, 3.8) is 0 Å². The third-order valence-electron chi connectivity index (χ3n) is 6.30. The maximum atomic E-state index is 13.4. The number of hydrogen-bond donors (Lipinski definition) is 1. The van der Waals surface area contributed by atoms with Gasteiger partial charge in [0, 0.05) is 11.3 Å². The molecule has 4 aromatic rings. The number of carbonyl (C=O) groups excluding carboxylic acids is 1. The van der Waals surface area contributed by atoms with Crippen LogP contribution in [0, 0.1) is 0 Å². The average Bonchev–Trinajstić information content (AvgIpc) is 3.40. The summed E-state index contributed by atoms with van der Waals surface area (Å²) in [5, 5.41) is 7.39. The highest BCUT2D eigenvalue weighted by atomic mass is 16.5. The summed E-state index contributed by atoms with van der Waals surface area (Å²) < 4.78 is 11.3. The second-order valence-electron chi connectivity index (χ2n) is 8.53. The van der Waals surface area contributed by atoms with E-state index in [9.17, 15) is 4.79 Å². The fourth-order valence-electron chi connectivity index (χ4n) is 4.42. The molecule has 1 aliphatic heterocycles. The molecule has 0 saturated heterocycles. The molecule has 1 aromatic heterocycles. The number of urea groups is 1. The average molecular weight is 481 g/mol. The number of benzene rings is 3. The second-order valence-corrected chi connectivity index (χ2v) is 8.53. The zero-order chi connectivity index (χ0) is 25.1. The number of amides is 2. The summed E-state index contributed by atoms with van der Waals surface area (Å²) in [5.41, 5.74) is 5.22. The second kappa shape index (κ2) is 10.1. The van der Waals surface area contributed by atoms with Crippen molar-refractivity contribution in [2.75, 3.05) is 11.5 Å². The number of hydrogen-bond acceptors (Lipinski definition) is 5. The van der Waals surface area contributed by atoms with Gasteiger partial charge >= 0.3 is 6.03 Å². The lowest BCUT2D eigenvalue weighted by Crippen LogP contribution is -2.46. The van der Waals surface area contributed by atoms with Gasteiger partial charge in [0.05, 0.1) is 23.9 Å². The van der Waals surface area contributed by atoms with Crippen molar-refractivity contribution in [2.24, 2.45) is 0 Å². The number of carbonyl (C=O) groups is 1. The summed E-state index contributed by atoms with van der Waals surface area (Å²) >= 11 is 0. The van der Waals surface area contributed by atoms with Gasteiger partial charge in [0.2, 0.25) is 5.82 Å². The Morgan fingerprint density at radius 2 is 1.69 bits per heavy atom. The van der Waals surface area contributed by atoms with Crippen LogP contribution in [0.2, 0.25) is 0 Å². The van der Waals surface area contributed by atoms with Crippen LogP contribution < -0.4 is 15.0 Å². The Bertz CT molecular complexity index is 1380. The zero-order valence-electron chi connectivity index (χ0n) is 20.6. The molecule has 0 saturated carbocycles. The summed E-state index contributed by atoms with van der Waals surface area (Å²) in [4.78, 5) is 19.8. The molecule has 0 aliphatic carbocycles. The molecule has 5 rings (SSSR count). The molecule has 0 radical (unpaired) electrons. The molecule has 1 unspecified atom stereocenters. The normalized spacial score (nSPS) is 15.7. The van der Waals surface area contributed by atoms with Gasteiger partial charge in [-0.15, -0.1) is 0 Å². The highest BCUT2D eigenvalue weighted by molar-refractivity contribution is 6.01. The molecule has 0 bridgehead atoms. The summed E-state index contributed by atoms with van der Waals surface area (Å²) in [7, 11) is 0. The van der Waals surface area contributed by atoms with Crippen LogP contribution in [0.4, 0.5) is 10.5 Å². The number of rotatable bonds is 7.